The van der Waals surface area contributed by atoms with Crippen LogP contribution in [0.4, 0.5) is 5.82 Å². The van der Waals surface area contributed by atoms with Crippen molar-refractivity contribution in [3.63, 3.8) is 0 Å². The number of amides is 1. The third-order valence-corrected chi connectivity index (χ3v) is 7.89. The Balaban J connectivity index is 1.59. The second kappa shape index (κ2) is 11.3. The van der Waals surface area contributed by atoms with Gasteiger partial charge in [0.15, 0.2) is 14.1 Å². The van der Waals surface area contributed by atoms with E-state index in [0.29, 0.717) is 42.2 Å². The molecule has 0 unspecified atom stereocenters. The molecule has 10 nitrogen and oxygen atoms in total. The van der Waals surface area contributed by atoms with Crippen molar-refractivity contribution in [1.82, 2.24) is 14.6 Å². The molecule has 1 aliphatic carbocycles. The Bertz CT molecular complexity index is 1170. The maximum absolute atomic E-state index is 12.4. The van der Waals surface area contributed by atoms with Crippen molar-refractivity contribution >= 4 is 31.5 Å². The minimum Gasteiger partial charge on any atom is -0.463 e. The fraction of sp³-hybridized carbons (Fsp3) is 0.654. The van der Waals surface area contributed by atoms with E-state index in [1.807, 2.05) is 6.92 Å². The van der Waals surface area contributed by atoms with Gasteiger partial charge >= 0.3 is 5.97 Å². The highest BCUT2D eigenvalue weighted by molar-refractivity contribution is 6.69. The molecule has 1 aliphatic heterocycles. The number of anilines is 1. The van der Waals surface area contributed by atoms with Crippen molar-refractivity contribution in [2.75, 3.05) is 11.9 Å². The molecule has 0 radical (unpaired) electrons. The van der Waals surface area contributed by atoms with Crippen LogP contribution < -0.4 is 5.32 Å². The Hall–Kier alpha value is -2.81. The first-order valence-corrected chi connectivity index (χ1v) is 16.6. The lowest BCUT2D eigenvalue weighted by atomic mass is 9.83. The molecule has 3 heterocycles. The molecule has 0 aromatic carbocycles. The topological polar surface area (TPSA) is 128 Å². The van der Waals surface area contributed by atoms with Gasteiger partial charge in [-0.05, 0) is 57.0 Å². The van der Waals surface area contributed by atoms with E-state index < -0.39 is 26.1 Å². The highest BCUT2D eigenvalue weighted by Gasteiger charge is 2.54. The van der Waals surface area contributed by atoms with E-state index >= 15 is 0 Å². The number of aromatic nitrogens is 3. The minimum absolute atomic E-state index is 0.0670. The lowest BCUT2D eigenvalue weighted by Gasteiger charge is -2.32. The fourth-order valence-corrected chi connectivity index (χ4v) is 5.97. The van der Waals surface area contributed by atoms with Gasteiger partial charge in [-0.3, -0.25) is 9.59 Å². The van der Waals surface area contributed by atoms with Gasteiger partial charge in [0.1, 0.15) is 24.5 Å². The number of rotatable bonds is 11. The van der Waals surface area contributed by atoms with Gasteiger partial charge in [0.25, 0.3) is 0 Å². The van der Waals surface area contributed by atoms with Gasteiger partial charge < -0.3 is 19.2 Å². The molecule has 0 spiro atoms. The number of unbranched alkanes of at least 4 members (excludes halogenated alkanes) is 1. The summed E-state index contributed by atoms with van der Waals surface area (Å²) in [6, 6.07) is 5.90. The first-order valence-electron chi connectivity index (χ1n) is 13.2. The maximum Gasteiger partial charge on any atom is 0.306 e. The summed E-state index contributed by atoms with van der Waals surface area (Å²) in [6.07, 6.45) is 6.54. The molecule has 2 aromatic heterocycles. The van der Waals surface area contributed by atoms with Gasteiger partial charge in [-0.1, -0.05) is 19.8 Å². The lowest BCUT2D eigenvalue weighted by molar-refractivity contribution is -0.151. The molecule has 3 atom stereocenters. The maximum atomic E-state index is 12.4. The Labute approximate surface area is 218 Å². The summed E-state index contributed by atoms with van der Waals surface area (Å²) in [5.74, 6) is 0.440. The van der Waals surface area contributed by atoms with E-state index in [4.69, 9.17) is 13.9 Å². The Morgan fingerprint density at radius 2 is 2.11 bits per heavy atom. The van der Waals surface area contributed by atoms with Crippen molar-refractivity contribution in [3.05, 3.63) is 24.2 Å². The van der Waals surface area contributed by atoms with Gasteiger partial charge in [-0.25, -0.2) is 9.50 Å². The van der Waals surface area contributed by atoms with E-state index in [2.05, 4.69) is 41.1 Å². The van der Waals surface area contributed by atoms with Crippen LogP contribution in [0.2, 0.25) is 19.6 Å². The van der Waals surface area contributed by atoms with E-state index in [1.165, 1.54) is 12.7 Å². The summed E-state index contributed by atoms with van der Waals surface area (Å²) in [4.78, 5) is 28.9. The van der Waals surface area contributed by atoms with Crippen LogP contribution in [0.15, 0.2) is 18.5 Å². The fourth-order valence-electron chi connectivity index (χ4n) is 4.85. The summed E-state index contributed by atoms with van der Waals surface area (Å²) in [5, 5.41) is 17.7. The number of fused-ring (bicyclic) bond motifs is 1. The summed E-state index contributed by atoms with van der Waals surface area (Å²) in [7, 11) is -2.08. The first-order chi connectivity index (χ1) is 17.6. The summed E-state index contributed by atoms with van der Waals surface area (Å²) < 4.78 is 20.0. The van der Waals surface area contributed by atoms with Gasteiger partial charge in [0.05, 0.1) is 17.9 Å². The Kier molecular flexibility index (Phi) is 8.31. The van der Waals surface area contributed by atoms with E-state index in [9.17, 15) is 14.9 Å². The molecule has 11 heteroatoms. The molecule has 2 fully saturated rings. The number of carbonyl (C=O) groups excluding carboxylic acids is 2. The zero-order chi connectivity index (χ0) is 26.6. The van der Waals surface area contributed by atoms with Crippen LogP contribution in [0, 0.1) is 17.2 Å². The van der Waals surface area contributed by atoms with Crippen LogP contribution in [-0.2, 0) is 29.1 Å². The third kappa shape index (κ3) is 6.19. The summed E-state index contributed by atoms with van der Waals surface area (Å²) in [5.41, 5.74) is -0.416. The lowest BCUT2D eigenvalue weighted by Crippen LogP contribution is -2.44. The molecule has 1 N–H and O–H groups in total. The molecule has 37 heavy (non-hydrogen) atoms. The highest BCUT2D eigenvalue weighted by Crippen LogP contribution is 2.43. The van der Waals surface area contributed by atoms with Crippen molar-refractivity contribution < 1.29 is 23.5 Å². The average Bonchev–Trinajstić information content (AvgIpc) is 3.40. The van der Waals surface area contributed by atoms with Crippen LogP contribution >= 0.6 is 0 Å². The number of hydrogen-bond donors (Lipinski definition) is 1. The smallest absolute Gasteiger partial charge is 0.306 e. The first kappa shape index (κ1) is 27.2. The number of nitrogens with zero attached hydrogens (tertiary/aromatic N) is 4. The van der Waals surface area contributed by atoms with Gasteiger partial charge in [-0.2, -0.15) is 10.4 Å². The normalized spacial score (nSPS) is 24.0. The predicted octanol–water partition coefficient (Wildman–Crippen LogP) is 4.32. The van der Waals surface area contributed by atoms with Crippen LogP contribution in [0.25, 0.3) is 5.52 Å². The van der Waals surface area contributed by atoms with Crippen molar-refractivity contribution in [2.45, 2.75) is 95.7 Å². The van der Waals surface area contributed by atoms with Gasteiger partial charge in [0.2, 0.25) is 11.5 Å². The molecular formula is C26H37N5O5Si. The van der Waals surface area contributed by atoms with Gasteiger partial charge in [-0.15, -0.1) is 0 Å². The highest BCUT2D eigenvalue weighted by atomic mass is 28.4. The molecule has 1 saturated heterocycles. The second-order valence-corrected chi connectivity index (χ2v) is 15.5. The number of esters is 1. The number of hydrogen-bond acceptors (Lipinski definition) is 8. The molecule has 1 amide bonds. The Morgan fingerprint density at radius 1 is 1.32 bits per heavy atom. The molecule has 2 aromatic rings. The number of carbonyl (C=O) groups is 2. The average molecular weight is 528 g/mol. The summed E-state index contributed by atoms with van der Waals surface area (Å²) in [6.45, 7) is 8.27. The van der Waals surface area contributed by atoms with Crippen LogP contribution in [0.3, 0.4) is 0 Å². The minimum atomic E-state index is -2.08. The molecule has 2 aliphatic rings. The number of nitrogens with one attached hydrogen (secondary N) is 1. The van der Waals surface area contributed by atoms with E-state index in [-0.39, 0.29) is 18.5 Å². The third-order valence-electron chi connectivity index (χ3n) is 6.90. The van der Waals surface area contributed by atoms with Gasteiger partial charge in [0, 0.05) is 19.3 Å². The van der Waals surface area contributed by atoms with Crippen molar-refractivity contribution in [2.24, 2.45) is 5.92 Å². The Morgan fingerprint density at radius 3 is 2.76 bits per heavy atom. The zero-order valence-corrected chi connectivity index (χ0v) is 23.2. The van der Waals surface area contributed by atoms with E-state index in [1.54, 1.807) is 16.6 Å². The van der Waals surface area contributed by atoms with E-state index in [0.717, 1.165) is 25.7 Å². The monoisotopic (exact) mass is 527 g/mol. The van der Waals surface area contributed by atoms with Crippen LogP contribution in [0.1, 0.15) is 64.0 Å². The SMILES string of the molecule is CCCCC(=O)Nc1ncnn2c([C@]3(C#N)O[C@@H](COC(=O)CC4CCC4)C[C@H]3O[Si](C)(C)C)ccc12. The largest absolute Gasteiger partial charge is 0.463 e. The standard InChI is InChI=1S/C26H37N5O5Si/c1-5-6-10-23(32)30-25-20-11-12-21(31(20)29-17-28-25)26(16-27)22(36-37(2,3)4)14-19(35-26)15-34-24(33)13-18-8-7-9-18/h11-12,17-19,22H,5-10,13-15H2,1-4H3,(H,28,29,30,32)/t19-,22-,26+/m1/s1. The molecule has 1 saturated carbocycles. The predicted molar refractivity (Wildman–Crippen MR) is 139 cm³/mol. The van der Waals surface area contributed by atoms with Crippen molar-refractivity contribution in [1.29, 1.82) is 5.26 Å². The molecule has 200 valence electrons. The molecular weight excluding hydrogens is 490 g/mol. The molecule has 0 bridgehead atoms. The van der Waals surface area contributed by atoms with Crippen LogP contribution in [0.5, 0.6) is 0 Å². The summed E-state index contributed by atoms with van der Waals surface area (Å²) >= 11 is 0. The second-order valence-electron chi connectivity index (χ2n) is 11.0. The number of nitriles is 1. The quantitative estimate of drug-likeness (QED) is 0.338. The molecule has 4 rings (SSSR count). The van der Waals surface area contributed by atoms with Crippen LogP contribution in [-0.4, -0.2) is 53.6 Å². The number of ether oxygens (including phenoxy) is 2. The van der Waals surface area contributed by atoms with Crippen molar-refractivity contribution in [3.8, 4) is 6.07 Å². The zero-order valence-electron chi connectivity index (χ0n) is 22.2.